The van der Waals surface area contributed by atoms with Gasteiger partial charge in [0.25, 0.3) is 0 Å². The lowest BCUT2D eigenvalue weighted by Crippen LogP contribution is -1.96. The number of phenols is 1. The molecule has 0 atom stereocenters. The number of benzene rings is 2. The Morgan fingerprint density at radius 3 is 2.45 bits per heavy atom. The third kappa shape index (κ3) is 3.24. The molecule has 2 rings (SSSR count). The number of ketones is 1. The highest BCUT2D eigenvalue weighted by molar-refractivity contribution is 6.35. The Bertz CT molecular complexity index is 654. The van der Waals surface area contributed by atoms with Crippen molar-refractivity contribution >= 4 is 29.0 Å². The zero-order valence-corrected chi connectivity index (χ0v) is 12.2. The maximum Gasteiger partial charge on any atom is 0.169 e. The van der Waals surface area contributed by atoms with Crippen molar-refractivity contribution in [3.05, 3.63) is 52.0 Å². The van der Waals surface area contributed by atoms with Gasteiger partial charge in [0.1, 0.15) is 5.75 Å². The topological polar surface area (TPSA) is 46.5 Å². The maximum atomic E-state index is 11.5. The summed E-state index contributed by atoms with van der Waals surface area (Å²) in [6, 6.07) is 9.30. The molecule has 2 aromatic rings. The number of phenolic OH excluding ortho intramolecular Hbond substituents is 1. The molecule has 5 heteroatoms. The van der Waals surface area contributed by atoms with Gasteiger partial charge in [-0.1, -0.05) is 30.1 Å². The Kier molecular flexibility index (Phi) is 4.53. The summed E-state index contributed by atoms with van der Waals surface area (Å²) in [6.07, 6.45) is 0.378. The molecular formula is C15H12Cl2O3. The summed E-state index contributed by atoms with van der Waals surface area (Å²) in [5.74, 6) is 0.439. The molecule has 0 saturated carbocycles. The number of hydrogen-bond acceptors (Lipinski definition) is 3. The number of aromatic hydroxyl groups is 1. The Morgan fingerprint density at radius 2 is 1.85 bits per heavy atom. The Labute approximate surface area is 126 Å². The molecule has 20 heavy (non-hydrogen) atoms. The Hall–Kier alpha value is -1.71. The lowest BCUT2D eigenvalue weighted by molar-refractivity contribution is 0.0987. The first kappa shape index (κ1) is 14.7. The summed E-state index contributed by atoms with van der Waals surface area (Å²) in [5.41, 5.74) is 0.444. The third-order valence-corrected chi connectivity index (χ3v) is 3.25. The van der Waals surface area contributed by atoms with E-state index in [2.05, 4.69) is 0 Å². The summed E-state index contributed by atoms with van der Waals surface area (Å²) in [6.45, 7) is 1.76. The number of carbonyl (C=O) groups excluding carboxylic acids is 1. The molecule has 0 aliphatic heterocycles. The molecule has 0 bridgehead atoms. The highest BCUT2D eigenvalue weighted by atomic mass is 35.5. The number of halogens is 2. The van der Waals surface area contributed by atoms with E-state index in [4.69, 9.17) is 27.9 Å². The van der Waals surface area contributed by atoms with Crippen molar-refractivity contribution in [2.24, 2.45) is 0 Å². The van der Waals surface area contributed by atoms with E-state index in [1.165, 1.54) is 12.1 Å². The first-order valence-corrected chi connectivity index (χ1v) is 6.76. The molecule has 104 valence electrons. The van der Waals surface area contributed by atoms with Gasteiger partial charge in [0.2, 0.25) is 0 Å². The highest BCUT2D eigenvalue weighted by Gasteiger charge is 2.11. The van der Waals surface area contributed by atoms with E-state index in [1.54, 1.807) is 31.2 Å². The predicted molar refractivity (Wildman–Crippen MR) is 79.3 cm³/mol. The fraction of sp³-hybridized carbons (Fsp3) is 0.133. The van der Waals surface area contributed by atoms with Gasteiger partial charge in [-0.05, 0) is 36.4 Å². The smallest absolute Gasteiger partial charge is 0.169 e. The summed E-state index contributed by atoms with van der Waals surface area (Å²) in [5, 5.41) is 10.7. The van der Waals surface area contributed by atoms with Crippen molar-refractivity contribution in [3.63, 3.8) is 0 Å². The van der Waals surface area contributed by atoms with Gasteiger partial charge in [-0.2, -0.15) is 0 Å². The van der Waals surface area contributed by atoms with Gasteiger partial charge in [-0.25, -0.2) is 0 Å². The number of hydrogen-bond donors (Lipinski definition) is 1. The molecule has 0 amide bonds. The second kappa shape index (κ2) is 6.16. The molecule has 2 aromatic carbocycles. The highest BCUT2D eigenvalue weighted by Crippen LogP contribution is 2.36. The largest absolute Gasteiger partial charge is 0.504 e. The molecule has 0 unspecified atom stereocenters. The Balaban J connectivity index is 2.28. The van der Waals surface area contributed by atoms with E-state index in [0.717, 1.165) is 0 Å². The molecule has 1 N–H and O–H groups in total. The fourth-order valence-electron chi connectivity index (χ4n) is 1.66. The first-order chi connectivity index (χ1) is 9.51. The van der Waals surface area contributed by atoms with E-state index in [1.807, 2.05) is 0 Å². The molecule has 0 aromatic heterocycles. The van der Waals surface area contributed by atoms with Crippen LogP contribution in [-0.2, 0) is 0 Å². The van der Waals surface area contributed by atoms with Crippen LogP contribution >= 0.6 is 23.2 Å². The minimum atomic E-state index is -0.115. The standard InChI is InChI=1S/C15H12Cl2O3/c1-2-12(18)9-3-5-15(13(19)7-9)20-14-6-4-10(16)8-11(14)17/h3-8,19H,2H2,1H3. The van der Waals surface area contributed by atoms with Gasteiger partial charge in [-0.15, -0.1) is 0 Å². The minimum absolute atomic E-state index is 0.0450. The number of Topliss-reactive ketones (excluding diaryl/α,β-unsaturated/α-hetero) is 1. The van der Waals surface area contributed by atoms with Gasteiger partial charge < -0.3 is 9.84 Å². The lowest BCUT2D eigenvalue weighted by Gasteiger charge is -2.10. The van der Waals surface area contributed by atoms with E-state index in [9.17, 15) is 9.90 Å². The Morgan fingerprint density at radius 1 is 1.15 bits per heavy atom. The molecule has 0 saturated heterocycles. The van der Waals surface area contributed by atoms with Crippen molar-refractivity contribution in [3.8, 4) is 17.2 Å². The minimum Gasteiger partial charge on any atom is -0.504 e. The molecule has 0 aliphatic carbocycles. The van der Waals surface area contributed by atoms with Crippen LogP contribution in [0.1, 0.15) is 23.7 Å². The van der Waals surface area contributed by atoms with Crippen LogP contribution in [0.15, 0.2) is 36.4 Å². The molecule has 0 radical (unpaired) electrons. The monoisotopic (exact) mass is 310 g/mol. The summed E-state index contributed by atoms with van der Waals surface area (Å²) in [7, 11) is 0. The van der Waals surface area contributed by atoms with Crippen LogP contribution in [0, 0.1) is 0 Å². The van der Waals surface area contributed by atoms with Crippen LogP contribution in [0.25, 0.3) is 0 Å². The number of ether oxygens (including phenoxy) is 1. The van der Waals surface area contributed by atoms with Gasteiger partial charge in [-0.3, -0.25) is 4.79 Å². The number of rotatable bonds is 4. The van der Waals surface area contributed by atoms with Crippen LogP contribution in [0.5, 0.6) is 17.2 Å². The summed E-state index contributed by atoms with van der Waals surface area (Å²) < 4.78 is 5.51. The zero-order valence-electron chi connectivity index (χ0n) is 10.7. The second-order valence-corrected chi connectivity index (χ2v) is 4.98. The second-order valence-electron chi connectivity index (χ2n) is 4.14. The summed E-state index contributed by atoms with van der Waals surface area (Å²) >= 11 is 11.8. The van der Waals surface area contributed by atoms with Crippen molar-refractivity contribution in [2.75, 3.05) is 0 Å². The average molecular weight is 311 g/mol. The van der Waals surface area contributed by atoms with Gasteiger partial charge in [0.05, 0.1) is 5.02 Å². The molecule has 0 aliphatic rings. The lowest BCUT2D eigenvalue weighted by atomic mass is 10.1. The van der Waals surface area contributed by atoms with Crippen molar-refractivity contribution in [2.45, 2.75) is 13.3 Å². The van der Waals surface area contributed by atoms with E-state index < -0.39 is 0 Å². The third-order valence-electron chi connectivity index (χ3n) is 2.72. The molecule has 0 fully saturated rings. The van der Waals surface area contributed by atoms with Gasteiger partial charge in [0.15, 0.2) is 17.3 Å². The zero-order chi connectivity index (χ0) is 14.7. The van der Waals surface area contributed by atoms with E-state index in [0.29, 0.717) is 27.8 Å². The van der Waals surface area contributed by atoms with Crippen LogP contribution in [-0.4, -0.2) is 10.9 Å². The summed E-state index contributed by atoms with van der Waals surface area (Å²) in [4.78, 5) is 11.5. The van der Waals surface area contributed by atoms with E-state index in [-0.39, 0.29) is 17.3 Å². The van der Waals surface area contributed by atoms with E-state index >= 15 is 0 Å². The van der Waals surface area contributed by atoms with Crippen LogP contribution in [0.3, 0.4) is 0 Å². The van der Waals surface area contributed by atoms with Gasteiger partial charge >= 0.3 is 0 Å². The van der Waals surface area contributed by atoms with Crippen molar-refractivity contribution in [1.82, 2.24) is 0 Å². The fourth-order valence-corrected chi connectivity index (χ4v) is 2.10. The average Bonchev–Trinajstić information content (AvgIpc) is 2.42. The van der Waals surface area contributed by atoms with Crippen LogP contribution < -0.4 is 4.74 Å². The quantitative estimate of drug-likeness (QED) is 0.801. The SMILES string of the molecule is CCC(=O)c1ccc(Oc2ccc(Cl)cc2Cl)c(O)c1. The molecular weight excluding hydrogens is 299 g/mol. The normalized spacial score (nSPS) is 10.3. The van der Waals surface area contributed by atoms with Crippen molar-refractivity contribution in [1.29, 1.82) is 0 Å². The molecule has 0 spiro atoms. The van der Waals surface area contributed by atoms with Crippen LogP contribution in [0.2, 0.25) is 10.0 Å². The first-order valence-electron chi connectivity index (χ1n) is 6.00. The number of carbonyl (C=O) groups is 1. The maximum absolute atomic E-state index is 11.5. The predicted octanol–water partition coefficient (Wildman–Crippen LogP) is 5.08. The van der Waals surface area contributed by atoms with Crippen molar-refractivity contribution < 1.29 is 14.6 Å². The van der Waals surface area contributed by atoms with Gasteiger partial charge in [0, 0.05) is 17.0 Å². The molecule has 0 heterocycles. The molecule has 3 nitrogen and oxygen atoms in total. The van der Waals surface area contributed by atoms with Crippen LogP contribution in [0.4, 0.5) is 0 Å².